The highest BCUT2D eigenvalue weighted by Crippen LogP contribution is 2.24. The van der Waals surface area contributed by atoms with Crippen LogP contribution in [0.2, 0.25) is 0 Å². The standard InChI is InChI=1S/C11H9BrN2O3S/c1-16-9(15)6-18-11-14-13-10(17-11)7-2-4-8(12)5-3-7/h2-5H,6H2,1H3. The number of nitrogens with zero attached hydrogens (tertiary/aromatic N) is 2. The second-order valence-corrected chi connectivity index (χ2v) is 5.09. The number of carbonyl (C=O) groups is 1. The molecule has 0 saturated carbocycles. The lowest BCUT2D eigenvalue weighted by Crippen LogP contribution is -2.02. The average molecular weight is 329 g/mol. The number of hydrogen-bond acceptors (Lipinski definition) is 6. The Balaban J connectivity index is 2.06. The third-order valence-electron chi connectivity index (χ3n) is 2.04. The minimum atomic E-state index is -0.330. The van der Waals surface area contributed by atoms with Crippen LogP contribution in [0.1, 0.15) is 0 Å². The van der Waals surface area contributed by atoms with Crippen molar-refractivity contribution in [1.82, 2.24) is 10.2 Å². The third kappa shape index (κ3) is 3.33. The van der Waals surface area contributed by atoms with Gasteiger partial charge < -0.3 is 9.15 Å². The van der Waals surface area contributed by atoms with Crippen molar-refractivity contribution in [3.05, 3.63) is 28.7 Å². The van der Waals surface area contributed by atoms with Crippen molar-refractivity contribution in [2.75, 3.05) is 12.9 Å². The molecular weight excluding hydrogens is 320 g/mol. The van der Waals surface area contributed by atoms with Gasteiger partial charge in [0.15, 0.2) is 0 Å². The van der Waals surface area contributed by atoms with Gasteiger partial charge in [-0.3, -0.25) is 4.79 Å². The number of rotatable bonds is 4. The van der Waals surface area contributed by atoms with Gasteiger partial charge in [-0.15, -0.1) is 10.2 Å². The molecule has 0 fully saturated rings. The van der Waals surface area contributed by atoms with Gasteiger partial charge in [0.25, 0.3) is 5.22 Å². The maximum Gasteiger partial charge on any atom is 0.316 e. The first-order valence-corrected chi connectivity index (χ1v) is 6.76. The van der Waals surface area contributed by atoms with E-state index in [2.05, 4.69) is 30.9 Å². The van der Waals surface area contributed by atoms with Crippen LogP contribution in [0, 0.1) is 0 Å². The van der Waals surface area contributed by atoms with Crippen molar-refractivity contribution < 1.29 is 13.9 Å². The molecule has 0 atom stereocenters. The van der Waals surface area contributed by atoms with Crippen molar-refractivity contribution in [2.45, 2.75) is 5.22 Å². The summed E-state index contributed by atoms with van der Waals surface area (Å²) < 4.78 is 10.9. The number of esters is 1. The molecule has 0 aliphatic heterocycles. The van der Waals surface area contributed by atoms with E-state index in [1.165, 1.54) is 7.11 Å². The van der Waals surface area contributed by atoms with Gasteiger partial charge in [0.2, 0.25) is 5.89 Å². The van der Waals surface area contributed by atoms with Crippen LogP contribution in [0.5, 0.6) is 0 Å². The molecule has 0 N–H and O–H groups in total. The molecule has 0 aliphatic rings. The van der Waals surface area contributed by atoms with E-state index in [1.54, 1.807) is 0 Å². The fourth-order valence-corrected chi connectivity index (χ4v) is 2.02. The molecule has 0 aliphatic carbocycles. The van der Waals surface area contributed by atoms with E-state index in [-0.39, 0.29) is 11.7 Å². The lowest BCUT2D eigenvalue weighted by molar-refractivity contribution is -0.137. The highest BCUT2D eigenvalue weighted by Gasteiger charge is 2.10. The van der Waals surface area contributed by atoms with E-state index in [1.807, 2.05) is 24.3 Å². The van der Waals surface area contributed by atoms with Gasteiger partial charge in [-0.1, -0.05) is 27.7 Å². The molecule has 0 bridgehead atoms. The lowest BCUT2D eigenvalue weighted by Gasteiger charge is -1.95. The molecule has 0 saturated heterocycles. The Labute approximate surface area is 116 Å². The Kier molecular flexibility index (Phi) is 4.38. The highest BCUT2D eigenvalue weighted by atomic mass is 79.9. The molecule has 0 unspecified atom stereocenters. The topological polar surface area (TPSA) is 65.2 Å². The number of thioether (sulfide) groups is 1. The molecule has 2 aromatic rings. The van der Waals surface area contributed by atoms with Crippen LogP contribution in [-0.2, 0) is 9.53 Å². The minimum Gasteiger partial charge on any atom is -0.468 e. The summed E-state index contributed by atoms with van der Waals surface area (Å²) in [6, 6.07) is 7.51. The van der Waals surface area contributed by atoms with Crippen molar-refractivity contribution in [1.29, 1.82) is 0 Å². The fourth-order valence-electron chi connectivity index (χ4n) is 1.16. The van der Waals surface area contributed by atoms with E-state index in [0.29, 0.717) is 11.1 Å². The van der Waals surface area contributed by atoms with E-state index >= 15 is 0 Å². The maximum absolute atomic E-state index is 11.0. The Morgan fingerprint density at radius 3 is 2.78 bits per heavy atom. The Morgan fingerprint density at radius 2 is 2.11 bits per heavy atom. The molecule has 94 valence electrons. The molecule has 5 nitrogen and oxygen atoms in total. The Hall–Kier alpha value is -1.34. The van der Waals surface area contributed by atoms with Gasteiger partial charge in [-0.05, 0) is 24.3 Å². The molecule has 0 amide bonds. The first-order valence-electron chi connectivity index (χ1n) is 4.98. The third-order valence-corrected chi connectivity index (χ3v) is 3.36. The number of ether oxygens (including phenoxy) is 1. The van der Waals surface area contributed by atoms with Gasteiger partial charge in [0.05, 0.1) is 7.11 Å². The number of hydrogen-bond donors (Lipinski definition) is 0. The second-order valence-electron chi connectivity index (χ2n) is 3.24. The normalized spacial score (nSPS) is 10.3. The zero-order valence-electron chi connectivity index (χ0n) is 9.42. The quantitative estimate of drug-likeness (QED) is 0.635. The summed E-state index contributed by atoms with van der Waals surface area (Å²) in [4.78, 5) is 11.0. The summed E-state index contributed by atoms with van der Waals surface area (Å²) in [6.07, 6.45) is 0. The monoisotopic (exact) mass is 328 g/mol. The summed E-state index contributed by atoms with van der Waals surface area (Å²) >= 11 is 4.50. The van der Waals surface area contributed by atoms with Crippen molar-refractivity contribution in [3.63, 3.8) is 0 Å². The number of carbonyl (C=O) groups excluding carboxylic acids is 1. The minimum absolute atomic E-state index is 0.151. The summed E-state index contributed by atoms with van der Waals surface area (Å²) in [7, 11) is 1.34. The van der Waals surface area contributed by atoms with Crippen LogP contribution in [0.15, 0.2) is 38.4 Å². The van der Waals surface area contributed by atoms with Crippen molar-refractivity contribution >= 4 is 33.7 Å². The molecule has 1 heterocycles. The van der Waals surface area contributed by atoms with Crippen LogP contribution >= 0.6 is 27.7 Å². The maximum atomic E-state index is 11.0. The van der Waals surface area contributed by atoms with E-state index in [4.69, 9.17) is 4.42 Å². The summed E-state index contributed by atoms with van der Waals surface area (Å²) in [5.41, 5.74) is 0.829. The largest absolute Gasteiger partial charge is 0.468 e. The SMILES string of the molecule is COC(=O)CSc1nnc(-c2ccc(Br)cc2)o1. The van der Waals surface area contributed by atoms with Gasteiger partial charge in [-0.2, -0.15) is 0 Å². The van der Waals surface area contributed by atoms with Crippen LogP contribution in [0.3, 0.4) is 0 Å². The van der Waals surface area contributed by atoms with Gasteiger partial charge in [0.1, 0.15) is 5.75 Å². The number of aromatic nitrogens is 2. The van der Waals surface area contributed by atoms with E-state index in [9.17, 15) is 4.79 Å². The molecular formula is C11H9BrN2O3S. The summed E-state index contributed by atoms with van der Waals surface area (Å²) in [5, 5.41) is 8.11. The first-order chi connectivity index (χ1) is 8.69. The average Bonchev–Trinajstić information content (AvgIpc) is 2.85. The fraction of sp³-hybridized carbons (Fsp3) is 0.182. The van der Waals surface area contributed by atoms with Crippen LogP contribution < -0.4 is 0 Å². The highest BCUT2D eigenvalue weighted by molar-refractivity contribution is 9.10. The molecule has 0 radical (unpaired) electrons. The van der Waals surface area contributed by atoms with E-state index < -0.39 is 0 Å². The molecule has 7 heteroatoms. The Bertz CT molecular complexity index is 541. The van der Waals surface area contributed by atoms with Crippen LogP contribution in [0.25, 0.3) is 11.5 Å². The van der Waals surface area contributed by atoms with Gasteiger partial charge in [-0.25, -0.2) is 0 Å². The predicted molar refractivity (Wildman–Crippen MR) is 70.2 cm³/mol. The number of benzene rings is 1. The Morgan fingerprint density at radius 1 is 1.39 bits per heavy atom. The van der Waals surface area contributed by atoms with Crippen molar-refractivity contribution in [3.8, 4) is 11.5 Å². The van der Waals surface area contributed by atoms with Crippen LogP contribution in [0.4, 0.5) is 0 Å². The zero-order chi connectivity index (χ0) is 13.0. The lowest BCUT2D eigenvalue weighted by atomic mass is 10.2. The summed E-state index contributed by atoms with van der Waals surface area (Å²) in [5.74, 6) is 0.247. The molecule has 2 rings (SSSR count). The smallest absolute Gasteiger partial charge is 0.316 e. The second kappa shape index (κ2) is 6.01. The summed E-state index contributed by atoms with van der Waals surface area (Å²) in [6.45, 7) is 0. The van der Waals surface area contributed by atoms with Gasteiger partial charge in [0, 0.05) is 10.0 Å². The van der Waals surface area contributed by atoms with Gasteiger partial charge >= 0.3 is 5.97 Å². The van der Waals surface area contributed by atoms with Crippen LogP contribution in [-0.4, -0.2) is 29.0 Å². The zero-order valence-corrected chi connectivity index (χ0v) is 11.8. The number of methoxy groups -OCH3 is 1. The molecule has 1 aromatic carbocycles. The first kappa shape index (κ1) is 13.1. The predicted octanol–water partition coefficient (Wildman–Crippen LogP) is 2.76. The molecule has 1 aromatic heterocycles. The number of halogens is 1. The van der Waals surface area contributed by atoms with Crippen molar-refractivity contribution in [2.24, 2.45) is 0 Å². The molecule has 0 spiro atoms. The molecule has 18 heavy (non-hydrogen) atoms. The van der Waals surface area contributed by atoms with E-state index in [0.717, 1.165) is 21.8 Å².